The van der Waals surface area contributed by atoms with Crippen molar-refractivity contribution < 1.29 is 9.59 Å². The van der Waals surface area contributed by atoms with E-state index in [0.29, 0.717) is 5.57 Å². The highest BCUT2D eigenvalue weighted by Crippen LogP contribution is 1.94. The number of hydrogen-bond donors (Lipinski definition) is 1. The topological polar surface area (TPSA) is 46.2 Å². The van der Waals surface area contributed by atoms with Crippen molar-refractivity contribution in [2.45, 2.75) is 26.8 Å². The van der Waals surface area contributed by atoms with Crippen LogP contribution in [0.25, 0.3) is 0 Å². The smallest absolute Gasteiger partial charge is 0.247 e. The first kappa shape index (κ1) is 11.6. The molecular weight excluding hydrogens is 166 g/mol. The zero-order chi connectivity index (χ0) is 10.4. The lowest BCUT2D eigenvalue weighted by Crippen LogP contribution is -2.30. The van der Waals surface area contributed by atoms with Crippen molar-refractivity contribution in [1.82, 2.24) is 5.32 Å². The van der Waals surface area contributed by atoms with Crippen LogP contribution < -0.4 is 5.32 Å². The Hall–Kier alpha value is -1.38. The van der Waals surface area contributed by atoms with Crippen LogP contribution in [0, 0.1) is 0 Å². The van der Waals surface area contributed by atoms with Crippen LogP contribution in [0.3, 0.4) is 0 Å². The molecule has 0 aliphatic rings. The summed E-state index contributed by atoms with van der Waals surface area (Å²) in [5, 5.41) is 2.68. The van der Waals surface area contributed by atoms with Crippen molar-refractivity contribution in [2.24, 2.45) is 0 Å². The zero-order valence-electron chi connectivity index (χ0n) is 8.26. The number of ketones is 1. The first-order valence-corrected chi connectivity index (χ1v) is 4.13. The number of carbonyl (C=O) groups excluding carboxylic acids is 2. The number of hydrogen-bond acceptors (Lipinski definition) is 2. The van der Waals surface area contributed by atoms with Gasteiger partial charge < -0.3 is 5.32 Å². The Morgan fingerprint density at radius 1 is 1.38 bits per heavy atom. The first-order chi connectivity index (χ1) is 5.97. The molecule has 3 nitrogen and oxygen atoms in total. The van der Waals surface area contributed by atoms with Crippen molar-refractivity contribution in [3.8, 4) is 0 Å². The summed E-state index contributed by atoms with van der Waals surface area (Å²) in [5.74, 6) is -0.471. The summed E-state index contributed by atoms with van der Waals surface area (Å²) in [6.07, 6.45) is 2.44. The fourth-order valence-electron chi connectivity index (χ4n) is 0.714. The van der Waals surface area contributed by atoms with Gasteiger partial charge in [0.1, 0.15) is 0 Å². The van der Waals surface area contributed by atoms with Crippen LogP contribution in [0.15, 0.2) is 24.3 Å². The van der Waals surface area contributed by atoms with Crippen molar-refractivity contribution >= 4 is 11.7 Å². The first-order valence-electron chi connectivity index (χ1n) is 4.13. The molecule has 3 heteroatoms. The van der Waals surface area contributed by atoms with Gasteiger partial charge in [0.05, 0.1) is 0 Å². The number of nitrogens with one attached hydrogen (secondary N) is 1. The predicted molar refractivity (Wildman–Crippen MR) is 52.2 cm³/mol. The second-order valence-corrected chi connectivity index (χ2v) is 3.06. The van der Waals surface area contributed by atoms with E-state index in [1.165, 1.54) is 12.2 Å². The van der Waals surface area contributed by atoms with E-state index in [4.69, 9.17) is 0 Å². The minimum absolute atomic E-state index is 0.0784. The Morgan fingerprint density at radius 3 is 2.31 bits per heavy atom. The van der Waals surface area contributed by atoms with Gasteiger partial charge in [0.2, 0.25) is 5.91 Å². The van der Waals surface area contributed by atoms with Gasteiger partial charge in [-0.2, -0.15) is 0 Å². The third kappa shape index (κ3) is 4.95. The van der Waals surface area contributed by atoms with Gasteiger partial charge >= 0.3 is 0 Å². The molecule has 0 aromatic heterocycles. The van der Waals surface area contributed by atoms with Gasteiger partial charge in [-0.1, -0.05) is 6.58 Å². The summed E-state index contributed by atoms with van der Waals surface area (Å²) < 4.78 is 0. The number of amides is 1. The average Bonchev–Trinajstić information content (AvgIpc) is 2.02. The molecule has 0 atom stereocenters. The van der Waals surface area contributed by atoms with Crippen molar-refractivity contribution in [2.75, 3.05) is 0 Å². The molecular formula is C10H15NO2. The largest absolute Gasteiger partial charge is 0.350 e. The lowest BCUT2D eigenvalue weighted by atomic mass is 10.2. The van der Waals surface area contributed by atoms with E-state index in [2.05, 4.69) is 11.9 Å². The van der Waals surface area contributed by atoms with E-state index in [1.54, 1.807) is 6.92 Å². The summed E-state index contributed by atoms with van der Waals surface area (Å²) >= 11 is 0. The van der Waals surface area contributed by atoms with Gasteiger partial charge in [-0.3, -0.25) is 9.59 Å². The Kier molecular flexibility index (Phi) is 4.74. The van der Waals surface area contributed by atoms with E-state index in [9.17, 15) is 9.59 Å². The van der Waals surface area contributed by atoms with Crippen LogP contribution >= 0.6 is 0 Å². The molecule has 0 aliphatic heterocycles. The highest BCUT2D eigenvalue weighted by Gasteiger charge is 2.05. The molecule has 0 spiro atoms. The van der Waals surface area contributed by atoms with E-state index < -0.39 is 0 Å². The van der Waals surface area contributed by atoms with Crippen LogP contribution in [-0.4, -0.2) is 17.7 Å². The number of allylic oxidation sites excluding steroid dienone is 2. The molecule has 0 aromatic rings. The molecule has 0 rings (SSSR count). The zero-order valence-corrected chi connectivity index (χ0v) is 8.26. The van der Waals surface area contributed by atoms with Gasteiger partial charge in [-0.05, 0) is 32.9 Å². The summed E-state index contributed by atoms with van der Waals surface area (Å²) in [6.45, 7) is 8.63. The highest BCUT2D eigenvalue weighted by atomic mass is 16.2. The number of rotatable bonds is 4. The minimum Gasteiger partial charge on any atom is -0.350 e. The molecule has 0 saturated carbocycles. The maximum atomic E-state index is 11.2. The van der Waals surface area contributed by atoms with Gasteiger partial charge in [-0.15, -0.1) is 0 Å². The van der Waals surface area contributed by atoms with E-state index in [0.717, 1.165) is 0 Å². The lowest BCUT2D eigenvalue weighted by Gasteiger charge is -2.07. The maximum absolute atomic E-state index is 11.2. The summed E-state index contributed by atoms with van der Waals surface area (Å²) in [4.78, 5) is 22.1. The minimum atomic E-state index is -0.253. The molecule has 0 unspecified atom stereocenters. The van der Waals surface area contributed by atoms with Crippen molar-refractivity contribution in [3.05, 3.63) is 24.3 Å². The lowest BCUT2D eigenvalue weighted by molar-refractivity contribution is -0.118. The van der Waals surface area contributed by atoms with Crippen molar-refractivity contribution in [3.63, 3.8) is 0 Å². The van der Waals surface area contributed by atoms with Gasteiger partial charge in [0, 0.05) is 11.6 Å². The number of carbonyl (C=O) groups is 2. The molecule has 0 aliphatic carbocycles. The summed E-state index contributed by atoms with van der Waals surface area (Å²) in [6, 6.07) is 0.0784. The van der Waals surface area contributed by atoms with Crippen LogP contribution in [0.5, 0.6) is 0 Å². The van der Waals surface area contributed by atoms with Gasteiger partial charge in [0.25, 0.3) is 0 Å². The summed E-state index contributed by atoms with van der Waals surface area (Å²) in [7, 11) is 0. The monoisotopic (exact) mass is 181 g/mol. The fraction of sp³-hybridized carbons (Fsp3) is 0.400. The Bertz CT molecular complexity index is 252. The molecule has 0 saturated heterocycles. The van der Waals surface area contributed by atoms with E-state index >= 15 is 0 Å². The Labute approximate surface area is 78.5 Å². The SMILES string of the molecule is C=CC(=O)C=C(C)C(=O)NC(C)C. The molecule has 0 aromatic carbocycles. The third-order valence-electron chi connectivity index (χ3n) is 1.34. The van der Waals surface area contributed by atoms with Crippen LogP contribution in [0.4, 0.5) is 0 Å². The fourth-order valence-corrected chi connectivity index (χ4v) is 0.714. The van der Waals surface area contributed by atoms with Crippen molar-refractivity contribution in [1.29, 1.82) is 0 Å². The van der Waals surface area contributed by atoms with E-state index in [1.807, 2.05) is 13.8 Å². The highest BCUT2D eigenvalue weighted by molar-refractivity contribution is 6.05. The van der Waals surface area contributed by atoms with Crippen LogP contribution in [0.1, 0.15) is 20.8 Å². The third-order valence-corrected chi connectivity index (χ3v) is 1.34. The molecule has 72 valence electrons. The predicted octanol–water partition coefficient (Wildman–Crippen LogP) is 1.21. The average molecular weight is 181 g/mol. The molecule has 0 radical (unpaired) electrons. The van der Waals surface area contributed by atoms with Crippen LogP contribution in [-0.2, 0) is 9.59 Å². The molecule has 1 N–H and O–H groups in total. The quantitative estimate of drug-likeness (QED) is 0.663. The molecule has 0 fully saturated rings. The van der Waals surface area contributed by atoms with E-state index in [-0.39, 0.29) is 17.7 Å². The molecule has 0 heterocycles. The standard InChI is InChI=1S/C10H15NO2/c1-5-9(12)6-8(4)10(13)11-7(2)3/h5-7H,1H2,2-4H3,(H,11,13). The summed E-state index contributed by atoms with van der Waals surface area (Å²) in [5.41, 5.74) is 0.401. The molecule has 1 amide bonds. The second kappa shape index (κ2) is 5.30. The van der Waals surface area contributed by atoms with Gasteiger partial charge in [-0.25, -0.2) is 0 Å². The van der Waals surface area contributed by atoms with Crippen LogP contribution in [0.2, 0.25) is 0 Å². The normalized spacial score (nSPS) is 11.2. The van der Waals surface area contributed by atoms with Gasteiger partial charge in [0.15, 0.2) is 5.78 Å². The molecule has 0 bridgehead atoms. The molecule has 13 heavy (non-hydrogen) atoms. The Balaban J connectivity index is 4.33. The second-order valence-electron chi connectivity index (χ2n) is 3.06. The Morgan fingerprint density at radius 2 is 1.92 bits per heavy atom. The maximum Gasteiger partial charge on any atom is 0.247 e.